The van der Waals surface area contributed by atoms with Gasteiger partial charge in [-0.3, -0.25) is 4.79 Å². The van der Waals surface area contributed by atoms with Crippen LogP contribution in [0.25, 0.3) is 0 Å². The Morgan fingerprint density at radius 2 is 1.85 bits per heavy atom. The average Bonchev–Trinajstić information content (AvgIpc) is 2.45. The lowest BCUT2D eigenvalue weighted by Gasteiger charge is -2.17. The summed E-state index contributed by atoms with van der Waals surface area (Å²) >= 11 is 0. The minimum absolute atomic E-state index is 0.124. The number of carbonyl (C=O) groups is 1. The molecule has 0 spiro atoms. The Bertz CT molecular complexity index is 593. The second kappa shape index (κ2) is 6.35. The fraction of sp³-hybridized carbons (Fsp3) is 0.235. The van der Waals surface area contributed by atoms with Crippen LogP contribution in [0.2, 0.25) is 0 Å². The first kappa shape index (κ1) is 14.3. The van der Waals surface area contributed by atoms with Crippen molar-refractivity contribution in [3.8, 4) is 0 Å². The van der Waals surface area contributed by atoms with Gasteiger partial charge in [0.05, 0.1) is 12.6 Å². The molecule has 0 heterocycles. The summed E-state index contributed by atoms with van der Waals surface area (Å²) in [4.78, 5) is 12.3. The molecule has 0 saturated carbocycles. The van der Waals surface area contributed by atoms with E-state index in [0.29, 0.717) is 5.56 Å². The molecule has 0 aliphatic heterocycles. The average molecular weight is 269 g/mol. The van der Waals surface area contributed by atoms with E-state index in [1.54, 1.807) is 0 Å². The van der Waals surface area contributed by atoms with Crippen LogP contribution < -0.4 is 5.32 Å². The number of aryl methyl sites for hydroxylation is 2. The first-order valence-corrected chi connectivity index (χ1v) is 6.65. The van der Waals surface area contributed by atoms with Crippen molar-refractivity contribution in [2.24, 2.45) is 0 Å². The van der Waals surface area contributed by atoms with Crippen LogP contribution in [0.4, 0.5) is 0 Å². The van der Waals surface area contributed by atoms with E-state index in [1.165, 1.54) is 0 Å². The van der Waals surface area contributed by atoms with Crippen molar-refractivity contribution in [1.29, 1.82) is 0 Å². The first-order chi connectivity index (χ1) is 9.61. The van der Waals surface area contributed by atoms with E-state index < -0.39 is 0 Å². The predicted molar refractivity (Wildman–Crippen MR) is 79.7 cm³/mol. The molecule has 3 nitrogen and oxygen atoms in total. The summed E-state index contributed by atoms with van der Waals surface area (Å²) in [6, 6.07) is 14.8. The van der Waals surface area contributed by atoms with Crippen molar-refractivity contribution in [2.45, 2.75) is 19.9 Å². The van der Waals surface area contributed by atoms with Gasteiger partial charge in [0.2, 0.25) is 0 Å². The highest BCUT2D eigenvalue weighted by Crippen LogP contribution is 2.15. The number of aliphatic hydroxyl groups excluding tert-OH is 1. The zero-order valence-corrected chi connectivity index (χ0v) is 11.8. The highest BCUT2D eigenvalue weighted by atomic mass is 16.3. The van der Waals surface area contributed by atoms with Crippen LogP contribution in [-0.4, -0.2) is 17.6 Å². The minimum atomic E-state index is -0.385. The van der Waals surface area contributed by atoms with Crippen LogP contribution in [0, 0.1) is 13.8 Å². The van der Waals surface area contributed by atoms with Gasteiger partial charge in [0.1, 0.15) is 0 Å². The molecule has 104 valence electrons. The van der Waals surface area contributed by atoms with Crippen LogP contribution in [0.15, 0.2) is 48.5 Å². The zero-order chi connectivity index (χ0) is 14.5. The van der Waals surface area contributed by atoms with E-state index in [2.05, 4.69) is 5.32 Å². The number of carbonyl (C=O) groups excluding carboxylic acids is 1. The van der Waals surface area contributed by atoms with Gasteiger partial charge < -0.3 is 10.4 Å². The van der Waals surface area contributed by atoms with E-state index in [0.717, 1.165) is 16.7 Å². The molecule has 0 radical (unpaired) electrons. The number of aliphatic hydroxyl groups is 1. The maximum atomic E-state index is 12.3. The van der Waals surface area contributed by atoms with Crippen molar-refractivity contribution in [3.05, 3.63) is 70.8 Å². The first-order valence-electron chi connectivity index (χ1n) is 6.65. The fourth-order valence-electron chi connectivity index (χ4n) is 2.22. The van der Waals surface area contributed by atoms with Crippen LogP contribution >= 0.6 is 0 Å². The van der Waals surface area contributed by atoms with Gasteiger partial charge in [0, 0.05) is 5.56 Å². The standard InChI is InChI=1S/C17H19NO2/c1-12-8-9-15(13(2)10-12)17(20)18-16(11-19)14-6-4-3-5-7-14/h3-10,16,19H,11H2,1-2H3,(H,18,20). The summed E-state index contributed by atoms with van der Waals surface area (Å²) in [5.41, 5.74) is 3.60. The lowest BCUT2D eigenvalue weighted by molar-refractivity contribution is 0.0915. The third-order valence-electron chi connectivity index (χ3n) is 3.32. The smallest absolute Gasteiger partial charge is 0.252 e. The van der Waals surface area contributed by atoms with Crippen molar-refractivity contribution >= 4 is 5.91 Å². The molecule has 1 unspecified atom stereocenters. The Kier molecular flexibility index (Phi) is 4.53. The van der Waals surface area contributed by atoms with Crippen LogP contribution in [0.3, 0.4) is 0 Å². The third kappa shape index (κ3) is 3.25. The Labute approximate surface area is 119 Å². The minimum Gasteiger partial charge on any atom is -0.394 e. The third-order valence-corrected chi connectivity index (χ3v) is 3.32. The van der Waals surface area contributed by atoms with Crippen LogP contribution in [0.1, 0.15) is 33.1 Å². The molecule has 0 bridgehead atoms. The summed E-state index contributed by atoms with van der Waals surface area (Å²) in [6.07, 6.45) is 0. The molecule has 0 fully saturated rings. The quantitative estimate of drug-likeness (QED) is 0.896. The van der Waals surface area contributed by atoms with Gasteiger partial charge in [-0.15, -0.1) is 0 Å². The molecule has 1 amide bonds. The van der Waals surface area contributed by atoms with E-state index in [9.17, 15) is 9.90 Å². The summed E-state index contributed by atoms with van der Waals surface area (Å²) in [5.74, 6) is -0.162. The van der Waals surface area contributed by atoms with E-state index in [4.69, 9.17) is 0 Å². The van der Waals surface area contributed by atoms with Crippen molar-refractivity contribution < 1.29 is 9.90 Å². The maximum Gasteiger partial charge on any atom is 0.252 e. The van der Waals surface area contributed by atoms with Crippen molar-refractivity contribution in [1.82, 2.24) is 5.32 Å². The Balaban J connectivity index is 2.17. The SMILES string of the molecule is Cc1ccc(C(=O)NC(CO)c2ccccc2)c(C)c1. The molecule has 1 atom stereocenters. The van der Waals surface area contributed by atoms with Crippen molar-refractivity contribution in [2.75, 3.05) is 6.61 Å². The molecule has 0 aliphatic rings. The summed E-state index contributed by atoms with van der Waals surface area (Å²) < 4.78 is 0. The Morgan fingerprint density at radius 1 is 1.15 bits per heavy atom. The molecule has 2 aromatic carbocycles. The number of amides is 1. The van der Waals surface area contributed by atoms with E-state index in [1.807, 2.05) is 62.4 Å². The topological polar surface area (TPSA) is 49.3 Å². The second-order valence-corrected chi connectivity index (χ2v) is 4.94. The monoisotopic (exact) mass is 269 g/mol. The Hall–Kier alpha value is -2.13. The molecule has 2 N–H and O–H groups in total. The largest absolute Gasteiger partial charge is 0.394 e. The molecule has 2 rings (SSSR count). The maximum absolute atomic E-state index is 12.3. The van der Waals surface area contributed by atoms with Gasteiger partial charge in [-0.05, 0) is 31.0 Å². The predicted octanol–water partition coefficient (Wildman–Crippen LogP) is 2.77. The van der Waals surface area contributed by atoms with Crippen LogP contribution in [0.5, 0.6) is 0 Å². The molecule has 3 heteroatoms. The molecular weight excluding hydrogens is 250 g/mol. The summed E-state index contributed by atoms with van der Waals surface area (Å²) in [6.45, 7) is 3.79. The van der Waals surface area contributed by atoms with Gasteiger partial charge >= 0.3 is 0 Å². The van der Waals surface area contributed by atoms with E-state index >= 15 is 0 Å². The summed E-state index contributed by atoms with van der Waals surface area (Å²) in [7, 11) is 0. The number of hydrogen-bond acceptors (Lipinski definition) is 2. The number of nitrogens with one attached hydrogen (secondary N) is 1. The lowest BCUT2D eigenvalue weighted by Crippen LogP contribution is -2.31. The Morgan fingerprint density at radius 3 is 2.45 bits per heavy atom. The van der Waals surface area contributed by atoms with E-state index in [-0.39, 0.29) is 18.6 Å². The number of rotatable bonds is 4. The van der Waals surface area contributed by atoms with Gasteiger partial charge in [-0.2, -0.15) is 0 Å². The van der Waals surface area contributed by atoms with Crippen molar-refractivity contribution in [3.63, 3.8) is 0 Å². The zero-order valence-electron chi connectivity index (χ0n) is 11.8. The number of hydrogen-bond donors (Lipinski definition) is 2. The summed E-state index contributed by atoms with van der Waals surface area (Å²) in [5, 5.41) is 12.3. The van der Waals surface area contributed by atoms with Gasteiger partial charge in [-0.25, -0.2) is 0 Å². The van der Waals surface area contributed by atoms with Gasteiger partial charge in [0.15, 0.2) is 0 Å². The molecule has 0 aromatic heterocycles. The molecule has 0 aliphatic carbocycles. The van der Waals surface area contributed by atoms with Crippen LogP contribution in [-0.2, 0) is 0 Å². The fourth-order valence-corrected chi connectivity index (χ4v) is 2.22. The highest BCUT2D eigenvalue weighted by molar-refractivity contribution is 5.95. The molecule has 20 heavy (non-hydrogen) atoms. The lowest BCUT2D eigenvalue weighted by atomic mass is 10.0. The highest BCUT2D eigenvalue weighted by Gasteiger charge is 2.15. The molecular formula is C17H19NO2. The second-order valence-electron chi connectivity index (χ2n) is 4.94. The van der Waals surface area contributed by atoms with Gasteiger partial charge in [-0.1, -0.05) is 48.0 Å². The molecule has 2 aromatic rings. The number of benzene rings is 2. The van der Waals surface area contributed by atoms with Gasteiger partial charge in [0.25, 0.3) is 5.91 Å². The normalized spacial score (nSPS) is 11.9. The molecule has 0 saturated heterocycles.